The Balaban J connectivity index is 1.46. The largest absolute Gasteiger partial charge is 0.278 e. The van der Waals surface area contributed by atoms with Crippen molar-refractivity contribution in [3.8, 4) is 0 Å². The number of benzene rings is 2. The van der Waals surface area contributed by atoms with Gasteiger partial charge >= 0.3 is 0 Å². The number of fused-ring (bicyclic) bond motifs is 1. The number of thiazole rings is 1. The van der Waals surface area contributed by atoms with Crippen molar-refractivity contribution in [2.45, 2.75) is 50.1 Å². The third-order valence-electron chi connectivity index (χ3n) is 6.61. The Morgan fingerprint density at radius 2 is 1.95 bits per heavy atom. The molecule has 0 N–H and O–H groups in total. The SMILES string of the molecule is CCC1CCCCN1S(=O)(=O)c1ccc(C(=O)N(Cc2ccccn2)c2nc3ccc(F)cc3s2)cc1. The van der Waals surface area contributed by atoms with Crippen molar-refractivity contribution in [3.05, 3.63) is 83.9 Å². The third-order valence-corrected chi connectivity index (χ3v) is 9.62. The predicted molar refractivity (Wildman–Crippen MR) is 143 cm³/mol. The van der Waals surface area contributed by atoms with E-state index in [4.69, 9.17) is 0 Å². The molecule has 5 rings (SSSR count). The number of aromatic nitrogens is 2. The molecule has 1 aliphatic rings. The number of piperidine rings is 1. The number of carbonyl (C=O) groups excluding carboxylic acids is 1. The zero-order valence-corrected chi connectivity index (χ0v) is 22.0. The molecule has 0 spiro atoms. The lowest BCUT2D eigenvalue weighted by atomic mass is 10.0. The number of hydrogen-bond donors (Lipinski definition) is 0. The van der Waals surface area contributed by atoms with Gasteiger partial charge in [-0.25, -0.2) is 17.8 Å². The lowest BCUT2D eigenvalue weighted by Crippen LogP contribution is -2.43. The Hall–Kier alpha value is -3.21. The molecule has 1 amide bonds. The standard InChI is InChI=1S/C27H27FN4O3S2/c1-2-22-8-4-6-16-32(22)37(34,35)23-12-9-19(10-13-23)26(33)31(18-21-7-3-5-15-29-21)27-30-24-14-11-20(28)17-25(24)36-27/h3,5,7,9-15,17,22H,2,4,6,8,16,18H2,1H3. The Bertz CT molecular complexity index is 1510. The van der Waals surface area contributed by atoms with Gasteiger partial charge in [0.1, 0.15) is 5.82 Å². The van der Waals surface area contributed by atoms with E-state index in [0.717, 1.165) is 25.7 Å². The fraction of sp³-hybridized carbons (Fsp3) is 0.296. The molecular formula is C27H27FN4O3S2. The van der Waals surface area contributed by atoms with E-state index in [1.165, 1.54) is 40.5 Å². The van der Waals surface area contributed by atoms with Gasteiger partial charge in [0, 0.05) is 24.3 Å². The summed E-state index contributed by atoms with van der Waals surface area (Å²) in [6.45, 7) is 2.68. The highest BCUT2D eigenvalue weighted by Crippen LogP contribution is 2.32. The van der Waals surface area contributed by atoms with E-state index in [2.05, 4.69) is 9.97 Å². The summed E-state index contributed by atoms with van der Waals surface area (Å²) in [6.07, 6.45) is 5.16. The smallest absolute Gasteiger partial charge is 0.260 e. The second kappa shape index (κ2) is 10.6. The van der Waals surface area contributed by atoms with Gasteiger partial charge in [0.05, 0.1) is 27.4 Å². The topological polar surface area (TPSA) is 83.5 Å². The maximum atomic E-state index is 13.8. The Morgan fingerprint density at radius 3 is 2.68 bits per heavy atom. The number of amides is 1. The first-order valence-electron chi connectivity index (χ1n) is 12.3. The molecule has 1 fully saturated rings. The summed E-state index contributed by atoms with van der Waals surface area (Å²) < 4.78 is 42.7. The minimum absolute atomic E-state index is 0.00204. The number of nitrogens with zero attached hydrogens (tertiary/aromatic N) is 4. The van der Waals surface area contributed by atoms with Gasteiger partial charge in [-0.05, 0) is 73.9 Å². The highest BCUT2D eigenvalue weighted by Gasteiger charge is 2.32. The number of anilines is 1. The van der Waals surface area contributed by atoms with Gasteiger partial charge in [0.15, 0.2) is 5.13 Å². The lowest BCUT2D eigenvalue weighted by molar-refractivity contribution is 0.0984. The maximum absolute atomic E-state index is 13.8. The highest BCUT2D eigenvalue weighted by atomic mass is 32.2. The van der Waals surface area contributed by atoms with Crippen molar-refractivity contribution in [2.75, 3.05) is 11.4 Å². The molecule has 1 saturated heterocycles. The van der Waals surface area contributed by atoms with Crippen molar-refractivity contribution in [1.29, 1.82) is 0 Å². The van der Waals surface area contributed by atoms with Crippen LogP contribution in [-0.2, 0) is 16.6 Å². The van der Waals surface area contributed by atoms with Crippen LogP contribution >= 0.6 is 11.3 Å². The molecule has 4 aromatic rings. The molecule has 1 aliphatic heterocycles. The molecule has 0 bridgehead atoms. The summed E-state index contributed by atoms with van der Waals surface area (Å²) in [5.74, 6) is -0.723. The first-order chi connectivity index (χ1) is 17.9. The van der Waals surface area contributed by atoms with Gasteiger partial charge in [-0.15, -0.1) is 0 Å². The number of rotatable bonds is 7. The molecule has 10 heteroatoms. The zero-order chi connectivity index (χ0) is 26.0. The molecule has 2 aromatic heterocycles. The Kier molecular flexibility index (Phi) is 7.32. The molecule has 37 heavy (non-hydrogen) atoms. The minimum atomic E-state index is -3.66. The van der Waals surface area contributed by atoms with E-state index in [1.807, 2.05) is 19.1 Å². The summed E-state index contributed by atoms with van der Waals surface area (Å²) in [6, 6.07) is 15.8. The van der Waals surface area contributed by atoms with Crippen LogP contribution in [0, 0.1) is 5.82 Å². The first-order valence-corrected chi connectivity index (χ1v) is 14.5. The van der Waals surface area contributed by atoms with Crippen molar-refractivity contribution < 1.29 is 17.6 Å². The molecule has 192 valence electrons. The summed E-state index contributed by atoms with van der Waals surface area (Å²) in [5.41, 5.74) is 1.58. The number of hydrogen-bond acceptors (Lipinski definition) is 6. The molecule has 0 aliphatic carbocycles. The second-order valence-electron chi connectivity index (χ2n) is 9.02. The first kappa shape index (κ1) is 25.4. The normalized spacial score (nSPS) is 16.6. The minimum Gasteiger partial charge on any atom is -0.278 e. The molecule has 7 nitrogen and oxygen atoms in total. The predicted octanol–water partition coefficient (Wildman–Crippen LogP) is 5.63. The van der Waals surface area contributed by atoms with Gasteiger partial charge in [0.25, 0.3) is 5.91 Å². The van der Waals surface area contributed by atoms with Gasteiger partial charge in [-0.2, -0.15) is 4.31 Å². The summed E-state index contributed by atoms with van der Waals surface area (Å²) in [7, 11) is -3.66. The van der Waals surface area contributed by atoms with Crippen LogP contribution in [0.15, 0.2) is 71.8 Å². The van der Waals surface area contributed by atoms with Crippen LogP contribution in [-0.4, -0.2) is 41.2 Å². The highest BCUT2D eigenvalue weighted by molar-refractivity contribution is 7.89. The fourth-order valence-corrected chi connectivity index (χ4v) is 7.40. The van der Waals surface area contributed by atoms with E-state index in [-0.39, 0.29) is 29.2 Å². The van der Waals surface area contributed by atoms with Crippen LogP contribution in [0.3, 0.4) is 0 Å². The molecule has 2 aromatic carbocycles. The van der Waals surface area contributed by atoms with E-state index >= 15 is 0 Å². The van der Waals surface area contributed by atoms with Crippen LogP contribution in [0.1, 0.15) is 48.7 Å². The average Bonchev–Trinajstić information content (AvgIpc) is 3.35. The molecular weight excluding hydrogens is 511 g/mol. The third kappa shape index (κ3) is 5.27. The van der Waals surface area contributed by atoms with Crippen molar-refractivity contribution in [3.63, 3.8) is 0 Å². The summed E-state index contributed by atoms with van der Waals surface area (Å²) in [5, 5.41) is 0.409. The van der Waals surface area contributed by atoms with E-state index in [0.29, 0.717) is 33.2 Å². The van der Waals surface area contributed by atoms with Crippen molar-refractivity contribution in [2.24, 2.45) is 0 Å². The molecule has 1 atom stereocenters. The van der Waals surface area contributed by atoms with Crippen molar-refractivity contribution >= 4 is 42.6 Å². The quantitative estimate of drug-likeness (QED) is 0.305. The fourth-order valence-electron chi connectivity index (χ4n) is 4.64. The monoisotopic (exact) mass is 538 g/mol. The number of halogens is 1. The zero-order valence-electron chi connectivity index (χ0n) is 20.4. The number of pyridine rings is 1. The van der Waals surface area contributed by atoms with E-state index in [9.17, 15) is 17.6 Å². The Labute approximate surface area is 219 Å². The van der Waals surface area contributed by atoms with Gasteiger partial charge < -0.3 is 0 Å². The maximum Gasteiger partial charge on any atom is 0.260 e. The van der Waals surface area contributed by atoms with Crippen LogP contribution in [0.2, 0.25) is 0 Å². The molecule has 0 saturated carbocycles. The van der Waals surface area contributed by atoms with Crippen LogP contribution in [0.25, 0.3) is 10.2 Å². The van der Waals surface area contributed by atoms with E-state index < -0.39 is 10.0 Å². The van der Waals surface area contributed by atoms with Gasteiger partial charge in [-0.1, -0.05) is 30.7 Å². The van der Waals surface area contributed by atoms with Gasteiger partial charge in [0.2, 0.25) is 10.0 Å². The number of carbonyl (C=O) groups is 1. The Morgan fingerprint density at radius 1 is 1.14 bits per heavy atom. The second-order valence-corrected chi connectivity index (χ2v) is 11.9. The molecule has 0 radical (unpaired) electrons. The van der Waals surface area contributed by atoms with Crippen LogP contribution in [0.5, 0.6) is 0 Å². The average molecular weight is 539 g/mol. The van der Waals surface area contributed by atoms with Gasteiger partial charge in [-0.3, -0.25) is 14.7 Å². The van der Waals surface area contributed by atoms with Crippen molar-refractivity contribution in [1.82, 2.24) is 14.3 Å². The molecule has 1 unspecified atom stereocenters. The van der Waals surface area contributed by atoms with E-state index in [1.54, 1.807) is 34.8 Å². The number of sulfonamides is 1. The summed E-state index contributed by atoms with van der Waals surface area (Å²) in [4.78, 5) is 24.3. The van der Waals surface area contributed by atoms with Crippen LogP contribution < -0.4 is 4.90 Å². The molecule has 3 heterocycles. The summed E-state index contributed by atoms with van der Waals surface area (Å²) >= 11 is 1.21. The van der Waals surface area contributed by atoms with Crippen LogP contribution in [0.4, 0.5) is 9.52 Å². The lowest BCUT2D eigenvalue weighted by Gasteiger charge is -2.34.